The highest BCUT2D eigenvalue weighted by Crippen LogP contribution is 2.28. The first-order chi connectivity index (χ1) is 9.88. The highest BCUT2D eigenvalue weighted by Gasteiger charge is 2.15. The van der Waals surface area contributed by atoms with E-state index in [4.69, 9.17) is 23.2 Å². The molecule has 2 rings (SSSR count). The summed E-state index contributed by atoms with van der Waals surface area (Å²) < 4.78 is 0.378. The van der Waals surface area contributed by atoms with Crippen molar-refractivity contribution in [2.45, 2.75) is 0 Å². The van der Waals surface area contributed by atoms with Crippen molar-refractivity contribution < 1.29 is 9.72 Å². The molecule has 108 valence electrons. The monoisotopic (exact) mass is 389 g/mol. The number of carbonyl (C=O) groups is 1. The SMILES string of the molecule is O=C(Nc1ccc([N+](=O)[O-])cc1Br)c1ccc(Cl)nc1Cl. The van der Waals surface area contributed by atoms with Crippen LogP contribution >= 0.6 is 39.1 Å². The Hall–Kier alpha value is -1.70. The molecule has 0 unspecified atom stereocenters. The van der Waals surface area contributed by atoms with Gasteiger partial charge < -0.3 is 5.32 Å². The van der Waals surface area contributed by atoms with Crippen molar-refractivity contribution in [2.75, 3.05) is 5.32 Å². The second-order valence-corrected chi connectivity index (χ2v) is 5.45. The van der Waals surface area contributed by atoms with E-state index in [1.807, 2.05) is 0 Å². The number of nitrogens with one attached hydrogen (secondary N) is 1. The molecule has 0 atom stereocenters. The first kappa shape index (κ1) is 15.7. The number of hydrogen-bond acceptors (Lipinski definition) is 4. The molecule has 21 heavy (non-hydrogen) atoms. The fourth-order valence-electron chi connectivity index (χ4n) is 1.49. The number of halogens is 3. The summed E-state index contributed by atoms with van der Waals surface area (Å²) in [5, 5.41) is 13.4. The van der Waals surface area contributed by atoms with Gasteiger partial charge in [0.25, 0.3) is 11.6 Å². The number of nitrogens with zero attached hydrogens (tertiary/aromatic N) is 2. The molecule has 1 amide bonds. The summed E-state index contributed by atoms with van der Waals surface area (Å²) in [5.74, 6) is -0.501. The highest BCUT2D eigenvalue weighted by atomic mass is 79.9. The fraction of sp³-hybridized carbons (Fsp3) is 0. The van der Waals surface area contributed by atoms with Crippen LogP contribution in [0.25, 0.3) is 0 Å². The minimum atomic E-state index is -0.531. The number of non-ortho nitro benzene ring substituents is 1. The maximum absolute atomic E-state index is 12.1. The van der Waals surface area contributed by atoms with E-state index in [2.05, 4.69) is 26.2 Å². The Bertz CT molecular complexity index is 740. The minimum Gasteiger partial charge on any atom is -0.321 e. The fourth-order valence-corrected chi connectivity index (χ4v) is 2.39. The van der Waals surface area contributed by atoms with Crippen LogP contribution in [-0.2, 0) is 0 Å². The number of nitro groups is 1. The molecule has 0 aliphatic heterocycles. The van der Waals surface area contributed by atoms with Crippen LogP contribution in [0, 0.1) is 10.1 Å². The summed E-state index contributed by atoms with van der Waals surface area (Å²) >= 11 is 14.7. The Morgan fingerprint density at radius 1 is 1.29 bits per heavy atom. The standard InChI is InChI=1S/C12H6BrCl2N3O3/c13-8-5-6(18(20)21)1-3-9(8)16-12(19)7-2-4-10(14)17-11(7)15/h1-5H,(H,16,19). The summed E-state index contributed by atoms with van der Waals surface area (Å²) in [6.45, 7) is 0. The maximum Gasteiger partial charge on any atom is 0.270 e. The number of rotatable bonds is 3. The van der Waals surface area contributed by atoms with Gasteiger partial charge in [-0.25, -0.2) is 4.98 Å². The number of amides is 1. The van der Waals surface area contributed by atoms with Crippen LogP contribution in [0.2, 0.25) is 10.3 Å². The average Bonchev–Trinajstić information content (AvgIpc) is 2.40. The van der Waals surface area contributed by atoms with Gasteiger partial charge in [0.05, 0.1) is 16.2 Å². The molecule has 0 saturated heterocycles. The molecule has 0 fully saturated rings. The van der Waals surface area contributed by atoms with E-state index in [9.17, 15) is 14.9 Å². The van der Waals surface area contributed by atoms with Gasteiger partial charge in [-0.3, -0.25) is 14.9 Å². The van der Waals surface area contributed by atoms with E-state index in [1.54, 1.807) is 0 Å². The Labute approximate surface area is 137 Å². The summed E-state index contributed by atoms with van der Waals surface area (Å²) in [6.07, 6.45) is 0. The van der Waals surface area contributed by atoms with Gasteiger partial charge in [-0.05, 0) is 34.1 Å². The third kappa shape index (κ3) is 3.69. The molecule has 0 bridgehead atoms. The van der Waals surface area contributed by atoms with Gasteiger partial charge in [0.2, 0.25) is 0 Å². The van der Waals surface area contributed by atoms with Crippen LogP contribution in [0.5, 0.6) is 0 Å². The predicted molar refractivity (Wildman–Crippen MR) is 83.0 cm³/mol. The number of anilines is 1. The van der Waals surface area contributed by atoms with Crippen LogP contribution in [-0.4, -0.2) is 15.8 Å². The van der Waals surface area contributed by atoms with Gasteiger partial charge in [0.15, 0.2) is 0 Å². The topological polar surface area (TPSA) is 85.1 Å². The van der Waals surface area contributed by atoms with Crippen molar-refractivity contribution >= 4 is 56.4 Å². The zero-order valence-corrected chi connectivity index (χ0v) is 13.2. The first-order valence-electron chi connectivity index (χ1n) is 5.46. The molecule has 2 aromatic rings. The average molecular weight is 391 g/mol. The lowest BCUT2D eigenvalue weighted by atomic mass is 10.2. The van der Waals surface area contributed by atoms with Crippen molar-refractivity contribution in [2.24, 2.45) is 0 Å². The highest BCUT2D eigenvalue weighted by molar-refractivity contribution is 9.10. The van der Waals surface area contributed by atoms with Crippen molar-refractivity contribution in [1.29, 1.82) is 0 Å². The lowest BCUT2D eigenvalue weighted by Gasteiger charge is -2.08. The molecule has 0 spiro atoms. The number of aromatic nitrogens is 1. The van der Waals surface area contributed by atoms with Gasteiger partial charge in [-0.2, -0.15) is 0 Å². The van der Waals surface area contributed by atoms with Crippen molar-refractivity contribution in [3.05, 3.63) is 60.8 Å². The van der Waals surface area contributed by atoms with Crippen molar-refractivity contribution in [3.8, 4) is 0 Å². The van der Waals surface area contributed by atoms with E-state index in [0.717, 1.165) is 0 Å². The molecule has 0 aliphatic rings. The molecule has 9 heteroatoms. The summed E-state index contributed by atoms with van der Waals surface area (Å²) in [6, 6.07) is 6.86. The van der Waals surface area contributed by atoms with Gasteiger partial charge in [0, 0.05) is 16.6 Å². The lowest BCUT2D eigenvalue weighted by molar-refractivity contribution is -0.384. The zero-order valence-electron chi connectivity index (χ0n) is 10.1. The number of carbonyl (C=O) groups excluding carboxylic acids is 1. The lowest BCUT2D eigenvalue weighted by Crippen LogP contribution is -2.13. The van der Waals surface area contributed by atoms with Gasteiger partial charge in [-0.15, -0.1) is 0 Å². The molecule has 1 aromatic carbocycles. The molecule has 6 nitrogen and oxygen atoms in total. The van der Waals surface area contributed by atoms with Gasteiger partial charge in [0.1, 0.15) is 10.3 Å². The second-order valence-electron chi connectivity index (χ2n) is 3.85. The molecule has 1 aromatic heterocycles. The van der Waals surface area contributed by atoms with E-state index in [1.165, 1.54) is 30.3 Å². The number of hydrogen-bond donors (Lipinski definition) is 1. The smallest absolute Gasteiger partial charge is 0.270 e. The van der Waals surface area contributed by atoms with Crippen molar-refractivity contribution in [1.82, 2.24) is 4.98 Å². The number of pyridine rings is 1. The van der Waals surface area contributed by atoms with E-state index >= 15 is 0 Å². The normalized spacial score (nSPS) is 10.2. The molecule has 0 radical (unpaired) electrons. The third-order valence-corrected chi connectivity index (χ3v) is 3.63. The molecule has 1 heterocycles. The Morgan fingerprint density at radius 2 is 2.00 bits per heavy atom. The van der Waals surface area contributed by atoms with E-state index < -0.39 is 10.8 Å². The predicted octanol–water partition coefficient (Wildman–Crippen LogP) is 4.31. The van der Waals surface area contributed by atoms with E-state index in [-0.39, 0.29) is 21.6 Å². The molecular formula is C12H6BrCl2N3O3. The van der Waals surface area contributed by atoms with Crippen LogP contribution in [0.4, 0.5) is 11.4 Å². The molecule has 0 aliphatic carbocycles. The second kappa shape index (κ2) is 6.38. The summed E-state index contributed by atoms with van der Waals surface area (Å²) in [5.41, 5.74) is 0.425. The zero-order chi connectivity index (χ0) is 15.6. The van der Waals surface area contributed by atoms with Crippen LogP contribution in [0.3, 0.4) is 0 Å². The maximum atomic E-state index is 12.1. The molecule has 1 N–H and O–H groups in total. The van der Waals surface area contributed by atoms with E-state index in [0.29, 0.717) is 10.2 Å². The first-order valence-corrected chi connectivity index (χ1v) is 7.00. The number of nitro benzene ring substituents is 1. The molecule has 0 saturated carbocycles. The number of benzene rings is 1. The van der Waals surface area contributed by atoms with Gasteiger partial charge in [-0.1, -0.05) is 23.2 Å². The van der Waals surface area contributed by atoms with Crippen LogP contribution in [0.15, 0.2) is 34.8 Å². The van der Waals surface area contributed by atoms with Crippen LogP contribution < -0.4 is 5.32 Å². The summed E-state index contributed by atoms with van der Waals surface area (Å²) in [4.78, 5) is 26.0. The van der Waals surface area contributed by atoms with Gasteiger partial charge >= 0.3 is 0 Å². The van der Waals surface area contributed by atoms with Crippen LogP contribution in [0.1, 0.15) is 10.4 Å². The largest absolute Gasteiger partial charge is 0.321 e. The molecular weight excluding hydrogens is 385 g/mol. The quantitative estimate of drug-likeness (QED) is 0.480. The Kier molecular flexibility index (Phi) is 4.76. The Morgan fingerprint density at radius 3 is 2.57 bits per heavy atom. The Balaban J connectivity index is 2.25. The summed E-state index contributed by atoms with van der Waals surface area (Å²) in [7, 11) is 0. The minimum absolute atomic E-state index is 0.0296. The third-order valence-electron chi connectivity index (χ3n) is 2.47. The van der Waals surface area contributed by atoms with Crippen molar-refractivity contribution in [3.63, 3.8) is 0 Å².